The van der Waals surface area contributed by atoms with Crippen molar-refractivity contribution in [1.82, 2.24) is 19.3 Å². The maximum Gasteiger partial charge on any atom is 0.222 e. The lowest BCUT2D eigenvalue weighted by molar-refractivity contribution is -0.132. The fraction of sp³-hybridized carbons (Fsp3) is 0.417. The fourth-order valence-corrected chi connectivity index (χ4v) is 2.90. The number of likely N-dealkylation sites (tertiary alicyclic amines) is 1. The number of carbonyl (C=O) groups excluding carboxylic acids is 1. The topological polar surface area (TPSA) is 50.5 Å². The molecule has 2 aromatic rings. The predicted octanol–water partition coefficient (Wildman–Crippen LogP) is 1.83. The van der Waals surface area contributed by atoms with Gasteiger partial charge in [0.1, 0.15) is 0 Å². The second-order valence-electron chi connectivity index (χ2n) is 4.60. The van der Waals surface area contributed by atoms with Gasteiger partial charge in [-0.15, -0.1) is 0 Å². The number of hydrogen-bond donors (Lipinski definition) is 0. The average molecular weight is 309 g/mol. The van der Waals surface area contributed by atoms with Crippen LogP contribution in [0.3, 0.4) is 0 Å². The van der Waals surface area contributed by atoms with Crippen molar-refractivity contribution in [1.29, 1.82) is 0 Å². The first-order valence-corrected chi connectivity index (χ1v) is 6.67. The number of fused-ring (bicyclic) bond motifs is 1. The maximum atomic E-state index is 11.8. The molecule has 1 aliphatic heterocycles. The van der Waals surface area contributed by atoms with E-state index in [1.54, 1.807) is 17.3 Å². The number of hydrogen-bond acceptors (Lipinski definition) is 3. The van der Waals surface area contributed by atoms with Gasteiger partial charge < -0.3 is 4.90 Å². The van der Waals surface area contributed by atoms with Crippen molar-refractivity contribution < 1.29 is 4.79 Å². The zero-order chi connectivity index (χ0) is 12.7. The van der Waals surface area contributed by atoms with Gasteiger partial charge in [0.05, 0.1) is 17.4 Å². The van der Waals surface area contributed by atoms with Gasteiger partial charge in [0.2, 0.25) is 5.91 Å². The van der Waals surface area contributed by atoms with E-state index in [2.05, 4.69) is 25.9 Å². The maximum absolute atomic E-state index is 11.8. The highest BCUT2D eigenvalue weighted by Gasteiger charge is 2.28. The lowest BCUT2D eigenvalue weighted by Crippen LogP contribution is -2.34. The minimum atomic E-state index is 0.187. The molecule has 0 N–H and O–H groups in total. The molecule has 0 aliphatic carbocycles. The average Bonchev–Trinajstić information content (AvgIpc) is 2.71. The molecule has 5 nitrogen and oxygen atoms in total. The van der Waals surface area contributed by atoms with Crippen molar-refractivity contribution in [2.24, 2.45) is 0 Å². The summed E-state index contributed by atoms with van der Waals surface area (Å²) >= 11 is 3.44. The smallest absolute Gasteiger partial charge is 0.222 e. The number of halogens is 1. The minimum absolute atomic E-state index is 0.187. The highest BCUT2D eigenvalue weighted by Crippen LogP contribution is 2.31. The Morgan fingerprint density at radius 3 is 3.11 bits per heavy atom. The molecule has 1 fully saturated rings. The van der Waals surface area contributed by atoms with Crippen LogP contribution < -0.4 is 0 Å². The number of aromatic nitrogens is 3. The Labute approximate surface area is 113 Å². The summed E-state index contributed by atoms with van der Waals surface area (Å²) in [6.45, 7) is 0.792. The summed E-state index contributed by atoms with van der Waals surface area (Å²) in [5.74, 6) is 0.381. The number of rotatable bonds is 1. The summed E-state index contributed by atoms with van der Waals surface area (Å²) in [4.78, 5) is 22.2. The highest BCUT2D eigenvalue weighted by molar-refractivity contribution is 9.10. The third kappa shape index (κ3) is 1.80. The van der Waals surface area contributed by atoms with E-state index in [1.165, 1.54) is 0 Å². The summed E-state index contributed by atoms with van der Waals surface area (Å²) in [5, 5.41) is 0. The minimum Gasteiger partial charge on any atom is -0.346 e. The quantitative estimate of drug-likeness (QED) is 0.807. The Morgan fingerprint density at radius 1 is 1.50 bits per heavy atom. The Balaban J connectivity index is 2.02. The van der Waals surface area contributed by atoms with Crippen molar-refractivity contribution in [3.63, 3.8) is 0 Å². The second-order valence-corrected chi connectivity index (χ2v) is 5.31. The predicted molar refractivity (Wildman–Crippen MR) is 70.3 cm³/mol. The second kappa shape index (κ2) is 4.35. The van der Waals surface area contributed by atoms with Gasteiger partial charge in [0.25, 0.3) is 0 Å². The molecule has 0 spiro atoms. The first-order valence-electron chi connectivity index (χ1n) is 5.88. The van der Waals surface area contributed by atoms with E-state index in [4.69, 9.17) is 0 Å². The van der Waals surface area contributed by atoms with E-state index in [0.29, 0.717) is 6.42 Å². The molecule has 3 heterocycles. The largest absolute Gasteiger partial charge is 0.346 e. The van der Waals surface area contributed by atoms with Crippen LogP contribution in [-0.4, -0.2) is 38.8 Å². The molecular formula is C12H13BrN4O. The Bertz CT molecular complexity index is 609. The van der Waals surface area contributed by atoms with E-state index in [-0.39, 0.29) is 11.8 Å². The monoisotopic (exact) mass is 308 g/mol. The number of carbonyl (C=O) groups is 1. The standard InChI is InChI=1S/C12H13BrN4O/c1-16-4-2-8(6-10(16)18)11-9-7-14-3-5-17(9)12(13)15-11/h3,5,7-8H,2,4,6H2,1H3. The number of imidazole rings is 1. The van der Waals surface area contributed by atoms with Crippen molar-refractivity contribution in [2.45, 2.75) is 18.8 Å². The molecule has 1 aliphatic rings. The Hall–Kier alpha value is -1.43. The van der Waals surface area contributed by atoms with Crippen LogP contribution in [0.25, 0.3) is 5.52 Å². The van der Waals surface area contributed by atoms with Crippen LogP contribution in [0, 0.1) is 0 Å². The van der Waals surface area contributed by atoms with E-state index < -0.39 is 0 Å². The van der Waals surface area contributed by atoms with Crippen LogP contribution in [0.4, 0.5) is 0 Å². The molecule has 0 aromatic carbocycles. The zero-order valence-corrected chi connectivity index (χ0v) is 11.6. The first kappa shape index (κ1) is 11.6. The van der Waals surface area contributed by atoms with Gasteiger partial charge in [-0.1, -0.05) is 0 Å². The zero-order valence-electron chi connectivity index (χ0n) is 10.0. The molecule has 6 heteroatoms. The van der Waals surface area contributed by atoms with Crippen LogP contribution in [0.2, 0.25) is 0 Å². The van der Waals surface area contributed by atoms with Crippen molar-refractivity contribution in [3.05, 3.63) is 29.0 Å². The molecule has 94 valence electrons. The lowest BCUT2D eigenvalue weighted by atomic mass is 9.93. The number of nitrogens with zero attached hydrogens (tertiary/aromatic N) is 4. The summed E-state index contributed by atoms with van der Waals surface area (Å²) in [5.41, 5.74) is 1.95. The molecule has 0 bridgehead atoms. The molecule has 1 atom stereocenters. The molecular weight excluding hydrogens is 296 g/mol. The van der Waals surface area contributed by atoms with Crippen LogP contribution in [0.5, 0.6) is 0 Å². The van der Waals surface area contributed by atoms with Gasteiger partial charge in [-0.3, -0.25) is 14.2 Å². The van der Waals surface area contributed by atoms with Crippen LogP contribution in [0.1, 0.15) is 24.5 Å². The fourth-order valence-electron chi connectivity index (χ4n) is 2.40. The summed E-state index contributed by atoms with van der Waals surface area (Å²) in [6, 6.07) is 0. The molecule has 3 rings (SSSR count). The van der Waals surface area contributed by atoms with Gasteiger partial charge >= 0.3 is 0 Å². The molecule has 1 unspecified atom stereocenters. The summed E-state index contributed by atoms with van der Waals surface area (Å²) in [7, 11) is 1.85. The molecule has 18 heavy (non-hydrogen) atoms. The van der Waals surface area contributed by atoms with Crippen LogP contribution in [-0.2, 0) is 4.79 Å². The molecule has 1 amide bonds. The normalized spacial score (nSPS) is 20.7. The number of piperidine rings is 1. The highest BCUT2D eigenvalue weighted by atomic mass is 79.9. The van der Waals surface area contributed by atoms with E-state index in [1.807, 2.05) is 17.6 Å². The Kier molecular flexibility index (Phi) is 2.81. The summed E-state index contributed by atoms with van der Waals surface area (Å²) in [6.07, 6.45) is 6.88. The first-order chi connectivity index (χ1) is 8.66. The molecule has 0 saturated carbocycles. The van der Waals surface area contributed by atoms with Gasteiger partial charge in [-0.25, -0.2) is 4.98 Å². The van der Waals surface area contributed by atoms with E-state index in [0.717, 1.165) is 28.9 Å². The van der Waals surface area contributed by atoms with Crippen LogP contribution in [0.15, 0.2) is 23.3 Å². The number of amides is 1. The summed E-state index contributed by atoms with van der Waals surface area (Å²) < 4.78 is 2.71. The van der Waals surface area contributed by atoms with Crippen molar-refractivity contribution >= 4 is 27.4 Å². The third-order valence-electron chi connectivity index (χ3n) is 3.48. The van der Waals surface area contributed by atoms with E-state index >= 15 is 0 Å². The molecule has 2 aromatic heterocycles. The molecule has 1 saturated heterocycles. The molecule has 0 radical (unpaired) electrons. The van der Waals surface area contributed by atoms with Gasteiger partial charge in [-0.2, -0.15) is 0 Å². The van der Waals surface area contributed by atoms with E-state index in [9.17, 15) is 4.79 Å². The van der Waals surface area contributed by atoms with Crippen molar-refractivity contribution in [2.75, 3.05) is 13.6 Å². The van der Waals surface area contributed by atoms with Gasteiger partial charge in [0.15, 0.2) is 4.73 Å². The van der Waals surface area contributed by atoms with Crippen LogP contribution >= 0.6 is 15.9 Å². The SMILES string of the molecule is CN1CCC(c2nc(Br)n3ccncc23)CC1=O. The van der Waals surface area contributed by atoms with Gasteiger partial charge in [0, 0.05) is 38.3 Å². The van der Waals surface area contributed by atoms with Gasteiger partial charge in [-0.05, 0) is 22.4 Å². The Morgan fingerprint density at radius 2 is 2.33 bits per heavy atom. The third-order valence-corrected chi connectivity index (χ3v) is 4.04. The lowest BCUT2D eigenvalue weighted by Gasteiger charge is -2.27. The van der Waals surface area contributed by atoms with Crippen molar-refractivity contribution in [3.8, 4) is 0 Å².